The van der Waals surface area contributed by atoms with Crippen molar-refractivity contribution in [2.24, 2.45) is 0 Å². The van der Waals surface area contributed by atoms with Gasteiger partial charge < -0.3 is 19.9 Å². The molecule has 3 heterocycles. The van der Waals surface area contributed by atoms with E-state index in [4.69, 9.17) is 14.6 Å². The Kier molecular flexibility index (Phi) is 5.94. The Balaban J connectivity index is 1.65. The number of pyridine rings is 1. The minimum absolute atomic E-state index is 0.0797. The average Bonchev–Trinajstić information content (AvgIpc) is 3.30. The number of rotatable bonds is 5. The second-order valence-electron chi connectivity index (χ2n) is 8.91. The second-order valence-corrected chi connectivity index (χ2v) is 8.91. The summed E-state index contributed by atoms with van der Waals surface area (Å²) >= 11 is 0. The molecule has 0 fully saturated rings. The highest BCUT2D eigenvalue weighted by molar-refractivity contribution is 5.85. The molecule has 0 radical (unpaired) electrons. The number of nitrogens with zero attached hydrogens (tertiary/aromatic N) is 3. The number of aromatic nitrogens is 3. The first-order chi connectivity index (χ1) is 17.6. The van der Waals surface area contributed by atoms with Crippen molar-refractivity contribution in [2.45, 2.75) is 33.7 Å². The standard InChI is InChI=1S/C27H23F2N5O3/c1-12-9-17(15(4)32-21-8-5-13(2)31-22(21)26-33-34-27(30)37-26)25-18(10-12)23(35)14(3)24(36-25)16-6-7-19(28)20(29)11-16/h5-11,15,32H,1-4H3,(H2,30,34). The molecule has 0 saturated carbocycles. The Bertz CT molecular complexity index is 1730. The molecule has 1 atom stereocenters. The molecule has 10 heteroatoms. The van der Waals surface area contributed by atoms with Crippen LogP contribution in [-0.4, -0.2) is 15.2 Å². The van der Waals surface area contributed by atoms with Gasteiger partial charge >= 0.3 is 6.01 Å². The molecule has 3 N–H and O–H groups in total. The van der Waals surface area contributed by atoms with E-state index in [0.29, 0.717) is 33.5 Å². The molecule has 2 aromatic carbocycles. The van der Waals surface area contributed by atoms with Crippen molar-refractivity contribution in [1.29, 1.82) is 0 Å². The van der Waals surface area contributed by atoms with E-state index in [2.05, 4.69) is 20.5 Å². The van der Waals surface area contributed by atoms with Crippen molar-refractivity contribution in [3.8, 4) is 22.9 Å². The first-order valence-corrected chi connectivity index (χ1v) is 11.5. The van der Waals surface area contributed by atoms with Gasteiger partial charge in [0, 0.05) is 22.4 Å². The van der Waals surface area contributed by atoms with Crippen LogP contribution in [0, 0.1) is 32.4 Å². The number of hydrogen-bond donors (Lipinski definition) is 2. The SMILES string of the molecule is Cc1cc(C(C)Nc2ccc(C)nc2-c2nnc(N)o2)c2oc(-c3ccc(F)c(F)c3)c(C)c(=O)c2c1. The summed E-state index contributed by atoms with van der Waals surface area (Å²) in [5.74, 6) is -1.68. The Morgan fingerprint density at radius 3 is 2.46 bits per heavy atom. The number of fused-ring (bicyclic) bond motifs is 1. The minimum Gasteiger partial charge on any atom is -0.455 e. The van der Waals surface area contributed by atoms with Crippen molar-refractivity contribution in [3.05, 3.63) is 86.7 Å². The smallest absolute Gasteiger partial charge is 0.313 e. The molecule has 3 aromatic heterocycles. The molecule has 0 bridgehead atoms. The minimum atomic E-state index is -1.03. The van der Waals surface area contributed by atoms with Gasteiger partial charge in [0.05, 0.1) is 17.1 Å². The Hall–Kier alpha value is -4.60. The molecule has 1 unspecified atom stereocenters. The van der Waals surface area contributed by atoms with Crippen LogP contribution < -0.4 is 16.5 Å². The lowest BCUT2D eigenvalue weighted by Gasteiger charge is -2.20. The summed E-state index contributed by atoms with van der Waals surface area (Å²) in [7, 11) is 0. The number of nitrogen functional groups attached to an aromatic ring is 1. The number of hydrogen-bond acceptors (Lipinski definition) is 8. The molecule has 0 aliphatic heterocycles. The average molecular weight is 504 g/mol. The fraction of sp³-hybridized carbons (Fsp3) is 0.185. The third-order valence-electron chi connectivity index (χ3n) is 6.09. The van der Waals surface area contributed by atoms with E-state index in [1.165, 1.54) is 6.07 Å². The monoisotopic (exact) mass is 503 g/mol. The van der Waals surface area contributed by atoms with Crippen LogP contribution in [0.1, 0.15) is 35.3 Å². The van der Waals surface area contributed by atoms with E-state index < -0.39 is 11.6 Å². The Morgan fingerprint density at radius 2 is 1.76 bits per heavy atom. The van der Waals surface area contributed by atoms with Gasteiger partial charge in [-0.15, -0.1) is 5.10 Å². The summed E-state index contributed by atoms with van der Waals surface area (Å²) in [5, 5.41) is 11.4. The van der Waals surface area contributed by atoms with E-state index in [0.717, 1.165) is 23.4 Å². The highest BCUT2D eigenvalue weighted by Gasteiger charge is 2.21. The van der Waals surface area contributed by atoms with E-state index in [1.54, 1.807) is 13.0 Å². The maximum absolute atomic E-state index is 14.0. The first-order valence-electron chi connectivity index (χ1n) is 11.5. The van der Waals surface area contributed by atoms with Crippen LogP contribution in [0.5, 0.6) is 0 Å². The predicted octanol–water partition coefficient (Wildman–Crippen LogP) is 5.86. The molecule has 0 aliphatic rings. The van der Waals surface area contributed by atoms with Crippen molar-refractivity contribution in [3.63, 3.8) is 0 Å². The summed E-state index contributed by atoms with van der Waals surface area (Å²) in [5.41, 5.74) is 9.57. The fourth-order valence-electron chi connectivity index (χ4n) is 4.28. The molecular formula is C27H23F2N5O3. The highest BCUT2D eigenvalue weighted by Crippen LogP contribution is 2.34. The van der Waals surface area contributed by atoms with Gasteiger partial charge in [0.15, 0.2) is 22.8 Å². The van der Waals surface area contributed by atoms with Crippen LogP contribution in [0.3, 0.4) is 0 Å². The van der Waals surface area contributed by atoms with Gasteiger partial charge in [-0.25, -0.2) is 13.8 Å². The first kappa shape index (κ1) is 24.1. The zero-order chi connectivity index (χ0) is 26.4. The molecule has 0 amide bonds. The molecule has 0 spiro atoms. The zero-order valence-electron chi connectivity index (χ0n) is 20.5. The van der Waals surface area contributed by atoms with Crippen molar-refractivity contribution < 1.29 is 17.6 Å². The number of aryl methyl sites for hydroxylation is 2. The van der Waals surface area contributed by atoms with E-state index in [9.17, 15) is 13.6 Å². The molecule has 5 rings (SSSR count). The Morgan fingerprint density at radius 1 is 0.973 bits per heavy atom. The van der Waals surface area contributed by atoms with Crippen molar-refractivity contribution >= 4 is 22.7 Å². The summed E-state index contributed by atoms with van der Waals surface area (Å²) in [6.07, 6.45) is 0. The van der Waals surface area contributed by atoms with Gasteiger partial charge in [-0.2, -0.15) is 0 Å². The van der Waals surface area contributed by atoms with Crippen LogP contribution in [-0.2, 0) is 0 Å². The van der Waals surface area contributed by atoms with Gasteiger partial charge in [-0.05, 0) is 69.7 Å². The normalized spacial score (nSPS) is 12.2. The number of halogens is 2. The highest BCUT2D eigenvalue weighted by atomic mass is 19.2. The van der Waals surface area contributed by atoms with Gasteiger partial charge in [0.25, 0.3) is 5.89 Å². The third-order valence-corrected chi connectivity index (χ3v) is 6.09. The zero-order valence-corrected chi connectivity index (χ0v) is 20.5. The lowest BCUT2D eigenvalue weighted by molar-refractivity contribution is 0.508. The molecule has 188 valence electrons. The summed E-state index contributed by atoms with van der Waals surface area (Å²) < 4.78 is 39.2. The van der Waals surface area contributed by atoms with Crippen LogP contribution in [0.4, 0.5) is 20.5 Å². The number of nitrogens with one attached hydrogen (secondary N) is 1. The van der Waals surface area contributed by atoms with Crippen molar-refractivity contribution in [1.82, 2.24) is 15.2 Å². The molecule has 5 aromatic rings. The molecule has 37 heavy (non-hydrogen) atoms. The number of anilines is 2. The lowest BCUT2D eigenvalue weighted by atomic mass is 9.98. The van der Waals surface area contributed by atoms with Crippen LogP contribution in [0.15, 0.2) is 56.1 Å². The quantitative estimate of drug-likeness (QED) is 0.306. The lowest BCUT2D eigenvalue weighted by Crippen LogP contribution is -2.13. The van der Waals surface area contributed by atoms with Gasteiger partial charge in [-0.1, -0.05) is 11.2 Å². The number of benzene rings is 2. The van der Waals surface area contributed by atoms with Gasteiger partial charge in [0.1, 0.15) is 11.3 Å². The topological polar surface area (TPSA) is 120 Å². The molecule has 8 nitrogen and oxygen atoms in total. The summed E-state index contributed by atoms with van der Waals surface area (Å²) in [6.45, 7) is 7.22. The predicted molar refractivity (Wildman–Crippen MR) is 136 cm³/mol. The van der Waals surface area contributed by atoms with Crippen LogP contribution in [0.2, 0.25) is 0 Å². The third kappa shape index (κ3) is 4.42. The summed E-state index contributed by atoms with van der Waals surface area (Å²) in [6, 6.07) is 10.3. The van der Waals surface area contributed by atoms with Crippen LogP contribution in [0.25, 0.3) is 33.9 Å². The summed E-state index contributed by atoms with van der Waals surface area (Å²) in [4.78, 5) is 17.9. The van der Waals surface area contributed by atoms with E-state index >= 15 is 0 Å². The van der Waals surface area contributed by atoms with E-state index in [1.807, 2.05) is 39.0 Å². The largest absolute Gasteiger partial charge is 0.455 e. The van der Waals surface area contributed by atoms with Gasteiger partial charge in [0.2, 0.25) is 0 Å². The fourth-order valence-corrected chi connectivity index (χ4v) is 4.28. The van der Waals surface area contributed by atoms with Crippen LogP contribution >= 0.6 is 0 Å². The van der Waals surface area contributed by atoms with Gasteiger partial charge in [-0.3, -0.25) is 4.79 Å². The molecule has 0 saturated heterocycles. The van der Waals surface area contributed by atoms with E-state index in [-0.39, 0.29) is 34.7 Å². The van der Waals surface area contributed by atoms with Crippen molar-refractivity contribution in [2.75, 3.05) is 11.1 Å². The Labute approximate surface area is 210 Å². The maximum Gasteiger partial charge on any atom is 0.313 e. The number of nitrogens with two attached hydrogens (primary N) is 1. The molecule has 0 aliphatic carbocycles. The maximum atomic E-state index is 14.0. The second kappa shape index (κ2) is 9.12. The molecular weight excluding hydrogens is 480 g/mol.